The minimum Gasteiger partial charge on any atom is -0.492 e. The molecule has 1 heterocycles. The van der Waals surface area contributed by atoms with Crippen LogP contribution in [0.25, 0.3) is 0 Å². The highest BCUT2D eigenvalue weighted by atomic mass is 16.5. The van der Waals surface area contributed by atoms with Crippen molar-refractivity contribution < 1.29 is 9.53 Å². The lowest BCUT2D eigenvalue weighted by Crippen LogP contribution is -2.48. The fourth-order valence-electron chi connectivity index (χ4n) is 2.88. The number of carbonyl (C=O) groups is 1. The van der Waals surface area contributed by atoms with Crippen molar-refractivity contribution in [3.8, 4) is 5.75 Å². The number of unbranched alkanes of at least 4 members (excludes halogenated alkanes) is 2. The molecule has 122 valence electrons. The van der Waals surface area contributed by atoms with Gasteiger partial charge in [-0.3, -0.25) is 4.79 Å². The Kier molecular flexibility index (Phi) is 6.56. The lowest BCUT2D eigenvalue weighted by atomic mass is 10.1. The Morgan fingerprint density at radius 1 is 1.09 bits per heavy atom. The van der Waals surface area contributed by atoms with E-state index in [1.54, 1.807) is 0 Å². The summed E-state index contributed by atoms with van der Waals surface area (Å²) in [4.78, 5) is 16.5. The molecule has 0 aromatic heterocycles. The van der Waals surface area contributed by atoms with E-state index in [-0.39, 0.29) is 0 Å². The Morgan fingerprint density at radius 2 is 1.82 bits per heavy atom. The maximum Gasteiger partial charge on any atom is 0.222 e. The first-order valence-corrected chi connectivity index (χ1v) is 8.50. The number of anilines is 1. The van der Waals surface area contributed by atoms with Crippen molar-refractivity contribution in [2.45, 2.75) is 39.5 Å². The summed E-state index contributed by atoms with van der Waals surface area (Å²) in [6, 6.07) is 8.16. The Morgan fingerprint density at radius 3 is 2.50 bits per heavy atom. The van der Waals surface area contributed by atoms with E-state index in [1.807, 2.05) is 30.0 Å². The second-order valence-corrected chi connectivity index (χ2v) is 5.73. The van der Waals surface area contributed by atoms with E-state index in [2.05, 4.69) is 17.9 Å². The summed E-state index contributed by atoms with van der Waals surface area (Å²) < 4.78 is 5.71. The molecule has 0 atom stereocenters. The number of amides is 1. The van der Waals surface area contributed by atoms with Gasteiger partial charge in [0.1, 0.15) is 5.75 Å². The highest BCUT2D eigenvalue weighted by molar-refractivity contribution is 5.76. The fraction of sp³-hybridized carbons (Fsp3) is 0.611. The summed E-state index contributed by atoms with van der Waals surface area (Å²) >= 11 is 0. The molecule has 1 aromatic rings. The van der Waals surface area contributed by atoms with E-state index in [4.69, 9.17) is 4.74 Å². The molecule has 1 saturated heterocycles. The lowest BCUT2D eigenvalue weighted by molar-refractivity contribution is -0.131. The molecule has 4 nitrogen and oxygen atoms in total. The van der Waals surface area contributed by atoms with Gasteiger partial charge < -0.3 is 14.5 Å². The third-order valence-electron chi connectivity index (χ3n) is 4.13. The minimum atomic E-state index is 0.311. The monoisotopic (exact) mass is 304 g/mol. The van der Waals surface area contributed by atoms with Crippen molar-refractivity contribution in [3.05, 3.63) is 24.3 Å². The molecule has 0 unspecified atom stereocenters. The van der Waals surface area contributed by atoms with Crippen LogP contribution in [0.2, 0.25) is 0 Å². The summed E-state index contributed by atoms with van der Waals surface area (Å²) in [7, 11) is 0. The summed E-state index contributed by atoms with van der Waals surface area (Å²) in [5, 5.41) is 0. The first-order valence-electron chi connectivity index (χ1n) is 8.50. The van der Waals surface area contributed by atoms with Gasteiger partial charge in [-0.15, -0.1) is 0 Å². The van der Waals surface area contributed by atoms with Crippen molar-refractivity contribution in [3.63, 3.8) is 0 Å². The number of carbonyl (C=O) groups excluding carboxylic acids is 1. The standard InChI is InChI=1S/C18H28N2O2/c1-3-5-6-11-18(21)20-14-12-19(13-15-20)16-9-7-8-10-17(16)22-4-2/h7-10H,3-6,11-15H2,1-2H3. The number of hydrogen-bond acceptors (Lipinski definition) is 3. The topological polar surface area (TPSA) is 32.8 Å². The zero-order valence-corrected chi connectivity index (χ0v) is 13.9. The molecule has 0 saturated carbocycles. The number of benzene rings is 1. The maximum absolute atomic E-state index is 12.2. The first-order chi connectivity index (χ1) is 10.8. The van der Waals surface area contributed by atoms with Gasteiger partial charge in [-0.2, -0.15) is 0 Å². The van der Waals surface area contributed by atoms with Crippen molar-refractivity contribution in [1.29, 1.82) is 0 Å². The molecule has 0 bridgehead atoms. The van der Waals surface area contributed by atoms with Crippen molar-refractivity contribution in [1.82, 2.24) is 4.90 Å². The molecule has 1 aliphatic rings. The van der Waals surface area contributed by atoms with Gasteiger partial charge in [0.25, 0.3) is 0 Å². The quantitative estimate of drug-likeness (QED) is 0.725. The van der Waals surface area contributed by atoms with Crippen LogP contribution in [0.3, 0.4) is 0 Å². The second kappa shape index (κ2) is 8.66. The molecule has 1 aliphatic heterocycles. The van der Waals surface area contributed by atoms with Gasteiger partial charge in [-0.05, 0) is 25.5 Å². The Bertz CT molecular complexity index is 468. The second-order valence-electron chi connectivity index (χ2n) is 5.73. The summed E-state index contributed by atoms with van der Waals surface area (Å²) in [6.45, 7) is 8.22. The van der Waals surface area contributed by atoms with Gasteiger partial charge in [-0.1, -0.05) is 31.9 Å². The fourth-order valence-corrected chi connectivity index (χ4v) is 2.88. The van der Waals surface area contributed by atoms with Crippen LogP contribution in [0.15, 0.2) is 24.3 Å². The number of hydrogen-bond donors (Lipinski definition) is 0. The first kappa shape index (κ1) is 16.7. The minimum absolute atomic E-state index is 0.311. The van der Waals surface area contributed by atoms with E-state index in [1.165, 1.54) is 0 Å². The Balaban J connectivity index is 1.88. The van der Waals surface area contributed by atoms with Gasteiger partial charge in [0.2, 0.25) is 5.91 Å². The molecular formula is C18H28N2O2. The van der Waals surface area contributed by atoms with Crippen LogP contribution in [-0.2, 0) is 4.79 Å². The van der Waals surface area contributed by atoms with E-state index in [0.29, 0.717) is 18.9 Å². The zero-order chi connectivity index (χ0) is 15.8. The smallest absolute Gasteiger partial charge is 0.222 e. The van der Waals surface area contributed by atoms with Gasteiger partial charge in [0, 0.05) is 32.6 Å². The predicted molar refractivity (Wildman–Crippen MR) is 90.5 cm³/mol. The highest BCUT2D eigenvalue weighted by Crippen LogP contribution is 2.28. The SMILES string of the molecule is CCCCCC(=O)N1CCN(c2ccccc2OCC)CC1. The summed E-state index contributed by atoms with van der Waals surface area (Å²) in [5.41, 5.74) is 1.14. The van der Waals surface area contributed by atoms with Crippen molar-refractivity contribution in [2.75, 3.05) is 37.7 Å². The van der Waals surface area contributed by atoms with Crippen LogP contribution in [0.1, 0.15) is 39.5 Å². The summed E-state index contributed by atoms with van der Waals surface area (Å²) in [6.07, 6.45) is 4.02. The number of rotatable bonds is 7. The third kappa shape index (κ3) is 4.39. The molecule has 1 aromatic carbocycles. The van der Waals surface area contributed by atoms with Crippen LogP contribution >= 0.6 is 0 Å². The Labute approximate surface area is 134 Å². The van der Waals surface area contributed by atoms with E-state index in [9.17, 15) is 4.79 Å². The molecule has 2 rings (SSSR count). The molecule has 0 radical (unpaired) electrons. The Hall–Kier alpha value is -1.71. The zero-order valence-electron chi connectivity index (χ0n) is 13.9. The lowest BCUT2D eigenvalue weighted by Gasteiger charge is -2.36. The van der Waals surface area contributed by atoms with Crippen LogP contribution in [-0.4, -0.2) is 43.6 Å². The number of nitrogens with zero attached hydrogens (tertiary/aromatic N) is 2. The maximum atomic E-state index is 12.2. The van der Waals surface area contributed by atoms with Crippen LogP contribution in [0.4, 0.5) is 5.69 Å². The molecule has 0 spiro atoms. The van der Waals surface area contributed by atoms with Gasteiger partial charge in [0.05, 0.1) is 12.3 Å². The van der Waals surface area contributed by atoms with Crippen molar-refractivity contribution >= 4 is 11.6 Å². The number of piperazine rings is 1. The van der Waals surface area contributed by atoms with Crippen LogP contribution in [0.5, 0.6) is 5.75 Å². The molecule has 0 N–H and O–H groups in total. The largest absolute Gasteiger partial charge is 0.492 e. The molecule has 22 heavy (non-hydrogen) atoms. The third-order valence-corrected chi connectivity index (χ3v) is 4.13. The van der Waals surface area contributed by atoms with E-state index >= 15 is 0 Å². The number of ether oxygens (including phenoxy) is 1. The molecule has 0 aliphatic carbocycles. The average molecular weight is 304 g/mol. The van der Waals surface area contributed by atoms with Gasteiger partial charge >= 0.3 is 0 Å². The highest BCUT2D eigenvalue weighted by Gasteiger charge is 2.22. The molecule has 1 fully saturated rings. The van der Waals surface area contributed by atoms with E-state index in [0.717, 1.165) is 56.9 Å². The summed E-state index contributed by atoms with van der Waals surface area (Å²) in [5.74, 6) is 1.25. The van der Waals surface area contributed by atoms with Crippen molar-refractivity contribution in [2.24, 2.45) is 0 Å². The van der Waals surface area contributed by atoms with Crippen LogP contribution in [0, 0.1) is 0 Å². The molecule has 1 amide bonds. The van der Waals surface area contributed by atoms with E-state index < -0.39 is 0 Å². The normalized spacial score (nSPS) is 15.0. The van der Waals surface area contributed by atoms with Gasteiger partial charge in [-0.25, -0.2) is 0 Å². The average Bonchev–Trinajstić information content (AvgIpc) is 2.56. The number of para-hydroxylation sites is 2. The molecular weight excluding hydrogens is 276 g/mol. The van der Waals surface area contributed by atoms with Crippen LogP contribution < -0.4 is 9.64 Å². The predicted octanol–water partition coefficient (Wildman–Crippen LogP) is 3.31. The van der Waals surface area contributed by atoms with Gasteiger partial charge in [0.15, 0.2) is 0 Å². The molecule has 4 heteroatoms.